The molecule has 0 aliphatic carbocycles. The molecule has 122 valence electrons. The van der Waals surface area contributed by atoms with Crippen molar-refractivity contribution in [2.75, 3.05) is 7.11 Å². The quantitative estimate of drug-likeness (QED) is 0.884. The van der Waals surface area contributed by atoms with Crippen LogP contribution in [0.15, 0.2) is 42.5 Å². The van der Waals surface area contributed by atoms with Crippen molar-refractivity contribution in [3.05, 3.63) is 59.2 Å². The molecule has 2 aromatic rings. The molecule has 2 rings (SSSR count). The van der Waals surface area contributed by atoms with E-state index in [0.717, 1.165) is 11.3 Å². The van der Waals surface area contributed by atoms with Gasteiger partial charge in [0.05, 0.1) is 7.11 Å². The molecule has 0 aromatic heterocycles. The van der Waals surface area contributed by atoms with Gasteiger partial charge in [-0.15, -0.1) is 0 Å². The van der Waals surface area contributed by atoms with E-state index < -0.39 is 0 Å². The fourth-order valence-electron chi connectivity index (χ4n) is 2.17. The van der Waals surface area contributed by atoms with E-state index >= 15 is 0 Å². The smallest absolute Gasteiger partial charge is 0.251 e. The summed E-state index contributed by atoms with van der Waals surface area (Å²) in [7, 11) is 1.61. The van der Waals surface area contributed by atoms with E-state index in [-0.39, 0.29) is 11.9 Å². The van der Waals surface area contributed by atoms with Gasteiger partial charge in [-0.05, 0) is 51.1 Å². The first-order chi connectivity index (χ1) is 11.0. The third-order valence-electron chi connectivity index (χ3n) is 3.38. The highest BCUT2D eigenvalue weighted by molar-refractivity contribution is 5.94. The second kappa shape index (κ2) is 7.68. The van der Waals surface area contributed by atoms with Gasteiger partial charge in [-0.3, -0.25) is 4.79 Å². The summed E-state index contributed by atoms with van der Waals surface area (Å²) in [6, 6.07) is 13.3. The van der Waals surface area contributed by atoms with Crippen LogP contribution in [-0.4, -0.2) is 19.1 Å². The summed E-state index contributed by atoms with van der Waals surface area (Å²) in [6.07, 6.45) is 0. The fourth-order valence-corrected chi connectivity index (χ4v) is 2.17. The van der Waals surface area contributed by atoms with Crippen LogP contribution in [0.5, 0.6) is 11.5 Å². The number of methoxy groups -OCH3 is 1. The molecule has 4 heteroatoms. The topological polar surface area (TPSA) is 47.6 Å². The number of aryl methyl sites for hydroxylation is 1. The van der Waals surface area contributed by atoms with E-state index in [0.29, 0.717) is 17.9 Å². The SMILES string of the molecule is COc1ccc(C(=O)NC(C)C)cc1COc1ccc(C)cc1. The van der Waals surface area contributed by atoms with Crippen molar-refractivity contribution < 1.29 is 14.3 Å². The molecular formula is C19H23NO3. The Hall–Kier alpha value is -2.49. The van der Waals surface area contributed by atoms with Gasteiger partial charge in [0.2, 0.25) is 0 Å². The summed E-state index contributed by atoms with van der Waals surface area (Å²) in [5.41, 5.74) is 2.62. The zero-order chi connectivity index (χ0) is 16.8. The molecule has 0 unspecified atom stereocenters. The van der Waals surface area contributed by atoms with Gasteiger partial charge in [0.25, 0.3) is 5.91 Å². The van der Waals surface area contributed by atoms with Gasteiger partial charge in [0.1, 0.15) is 18.1 Å². The molecule has 2 aromatic carbocycles. The Balaban J connectivity index is 2.15. The molecular weight excluding hydrogens is 290 g/mol. The minimum absolute atomic E-state index is 0.0943. The van der Waals surface area contributed by atoms with Gasteiger partial charge in [-0.25, -0.2) is 0 Å². The zero-order valence-corrected chi connectivity index (χ0v) is 14.1. The zero-order valence-electron chi connectivity index (χ0n) is 14.1. The number of hydrogen-bond donors (Lipinski definition) is 1. The molecule has 1 amide bonds. The van der Waals surface area contributed by atoms with Gasteiger partial charge >= 0.3 is 0 Å². The summed E-state index contributed by atoms with van der Waals surface area (Å²) >= 11 is 0. The van der Waals surface area contributed by atoms with E-state index in [4.69, 9.17) is 9.47 Å². The minimum atomic E-state index is -0.0979. The number of nitrogens with one attached hydrogen (secondary N) is 1. The van der Waals surface area contributed by atoms with E-state index in [2.05, 4.69) is 5.32 Å². The predicted octanol–water partition coefficient (Wildman–Crippen LogP) is 3.72. The maximum atomic E-state index is 12.1. The maximum Gasteiger partial charge on any atom is 0.251 e. The second-order valence-electron chi connectivity index (χ2n) is 5.76. The summed E-state index contributed by atoms with van der Waals surface area (Å²) in [6.45, 7) is 6.24. The van der Waals surface area contributed by atoms with Gasteiger partial charge < -0.3 is 14.8 Å². The van der Waals surface area contributed by atoms with E-state index in [1.54, 1.807) is 19.2 Å². The van der Waals surface area contributed by atoms with Gasteiger partial charge in [0.15, 0.2) is 0 Å². The van der Waals surface area contributed by atoms with Crippen LogP contribution in [0.2, 0.25) is 0 Å². The van der Waals surface area contributed by atoms with Crippen LogP contribution in [0.25, 0.3) is 0 Å². The van der Waals surface area contributed by atoms with Gasteiger partial charge in [-0.1, -0.05) is 17.7 Å². The molecule has 0 fully saturated rings. The first kappa shape index (κ1) is 16.9. The molecule has 1 N–H and O–H groups in total. The number of hydrogen-bond acceptors (Lipinski definition) is 3. The molecule has 0 spiro atoms. The molecule has 0 aliphatic heterocycles. The lowest BCUT2D eigenvalue weighted by molar-refractivity contribution is 0.0943. The Labute approximate surface area is 137 Å². The number of carbonyl (C=O) groups excluding carboxylic acids is 1. The number of ether oxygens (including phenoxy) is 2. The van der Waals surface area contributed by atoms with Gasteiger partial charge in [-0.2, -0.15) is 0 Å². The van der Waals surface area contributed by atoms with E-state index in [1.807, 2.05) is 51.1 Å². The van der Waals surface area contributed by atoms with Crippen LogP contribution in [-0.2, 0) is 6.61 Å². The maximum absolute atomic E-state index is 12.1. The molecule has 0 bridgehead atoms. The Morgan fingerprint density at radius 3 is 2.43 bits per heavy atom. The van der Waals surface area contributed by atoms with Crippen LogP contribution in [0.1, 0.15) is 35.3 Å². The Morgan fingerprint density at radius 2 is 1.83 bits per heavy atom. The number of amides is 1. The molecule has 0 radical (unpaired) electrons. The highest BCUT2D eigenvalue weighted by atomic mass is 16.5. The van der Waals surface area contributed by atoms with Crippen LogP contribution in [0.3, 0.4) is 0 Å². The van der Waals surface area contributed by atoms with Crippen molar-refractivity contribution in [2.45, 2.75) is 33.4 Å². The summed E-state index contributed by atoms with van der Waals surface area (Å²) in [5.74, 6) is 1.40. The van der Waals surface area contributed by atoms with E-state index in [9.17, 15) is 4.79 Å². The third kappa shape index (κ3) is 4.74. The number of carbonyl (C=O) groups is 1. The molecule has 23 heavy (non-hydrogen) atoms. The average Bonchev–Trinajstić information content (AvgIpc) is 2.53. The van der Waals surface area contributed by atoms with Crippen molar-refractivity contribution >= 4 is 5.91 Å². The Kier molecular flexibility index (Phi) is 5.63. The van der Waals surface area contributed by atoms with Crippen LogP contribution in [0.4, 0.5) is 0 Å². The molecule has 0 atom stereocenters. The second-order valence-corrected chi connectivity index (χ2v) is 5.76. The van der Waals surface area contributed by atoms with Gasteiger partial charge in [0, 0.05) is 17.2 Å². The van der Waals surface area contributed by atoms with Crippen molar-refractivity contribution in [3.63, 3.8) is 0 Å². The van der Waals surface area contributed by atoms with Crippen molar-refractivity contribution in [1.29, 1.82) is 0 Å². The molecule has 4 nitrogen and oxygen atoms in total. The van der Waals surface area contributed by atoms with Crippen molar-refractivity contribution in [3.8, 4) is 11.5 Å². The number of rotatable bonds is 6. The lowest BCUT2D eigenvalue weighted by Crippen LogP contribution is -2.30. The largest absolute Gasteiger partial charge is 0.496 e. The monoisotopic (exact) mass is 313 g/mol. The van der Waals surface area contributed by atoms with Crippen LogP contribution < -0.4 is 14.8 Å². The normalized spacial score (nSPS) is 10.5. The standard InChI is InChI=1S/C19H23NO3/c1-13(2)20-19(21)15-7-10-18(22-4)16(11-15)12-23-17-8-5-14(3)6-9-17/h5-11,13H,12H2,1-4H3,(H,20,21). The average molecular weight is 313 g/mol. The molecule has 0 saturated carbocycles. The highest BCUT2D eigenvalue weighted by Crippen LogP contribution is 2.22. The first-order valence-electron chi connectivity index (χ1n) is 7.67. The summed E-state index contributed by atoms with van der Waals surface area (Å²) in [5, 5.41) is 2.88. The predicted molar refractivity (Wildman–Crippen MR) is 91.1 cm³/mol. The lowest BCUT2D eigenvalue weighted by atomic mass is 10.1. The molecule has 0 heterocycles. The molecule has 0 saturated heterocycles. The van der Waals surface area contributed by atoms with E-state index in [1.165, 1.54) is 5.56 Å². The minimum Gasteiger partial charge on any atom is -0.496 e. The highest BCUT2D eigenvalue weighted by Gasteiger charge is 2.11. The van der Waals surface area contributed by atoms with Crippen LogP contribution >= 0.6 is 0 Å². The Bertz CT molecular complexity index is 663. The number of benzene rings is 2. The summed E-state index contributed by atoms with van der Waals surface area (Å²) in [4.78, 5) is 12.1. The van der Waals surface area contributed by atoms with Crippen molar-refractivity contribution in [1.82, 2.24) is 5.32 Å². The Morgan fingerprint density at radius 1 is 1.13 bits per heavy atom. The molecule has 0 aliphatic rings. The van der Waals surface area contributed by atoms with Crippen LogP contribution in [0, 0.1) is 6.92 Å². The summed E-state index contributed by atoms with van der Waals surface area (Å²) < 4.78 is 11.2. The first-order valence-corrected chi connectivity index (χ1v) is 7.67. The van der Waals surface area contributed by atoms with Crippen molar-refractivity contribution in [2.24, 2.45) is 0 Å². The fraction of sp³-hybridized carbons (Fsp3) is 0.316. The lowest BCUT2D eigenvalue weighted by Gasteiger charge is -2.13. The third-order valence-corrected chi connectivity index (χ3v) is 3.38.